The molecule has 2 fully saturated rings. The molecule has 0 spiro atoms. The van der Waals surface area contributed by atoms with E-state index in [1.165, 1.54) is 0 Å². The predicted molar refractivity (Wildman–Crippen MR) is 50.5 cm³/mol. The fourth-order valence-corrected chi connectivity index (χ4v) is 1.65. The third kappa shape index (κ3) is 2.04. The number of piperidine rings is 1. The van der Waals surface area contributed by atoms with Crippen LogP contribution in [0.25, 0.3) is 0 Å². The Morgan fingerprint density at radius 1 is 1.36 bits per heavy atom. The van der Waals surface area contributed by atoms with Gasteiger partial charge in [-0.25, -0.2) is 0 Å². The Bertz CT molecular complexity index is 240. The number of nitrogens with one attached hydrogen (secondary N) is 3. The van der Waals surface area contributed by atoms with Gasteiger partial charge in [0.2, 0.25) is 11.8 Å². The third-order valence-corrected chi connectivity index (χ3v) is 2.76. The van der Waals surface area contributed by atoms with Crippen LogP contribution >= 0.6 is 0 Å². The minimum absolute atomic E-state index is 0.0841. The van der Waals surface area contributed by atoms with Crippen molar-refractivity contribution in [2.24, 2.45) is 5.92 Å². The largest absolute Gasteiger partial charge is 0.354 e. The van der Waals surface area contributed by atoms with Gasteiger partial charge in [0.1, 0.15) is 0 Å². The van der Waals surface area contributed by atoms with Gasteiger partial charge in [0.25, 0.3) is 0 Å². The first-order chi connectivity index (χ1) is 6.75. The predicted octanol–water partition coefficient (Wildman–Crippen LogP) is -1.40. The Labute approximate surface area is 82.6 Å². The molecule has 1 unspecified atom stereocenters. The molecule has 0 bridgehead atoms. The Kier molecular flexibility index (Phi) is 2.67. The molecule has 5 heteroatoms. The number of hydrogen-bond acceptors (Lipinski definition) is 3. The lowest BCUT2D eigenvalue weighted by Crippen LogP contribution is -2.55. The molecular formula is C9H15N3O2. The monoisotopic (exact) mass is 197 g/mol. The third-order valence-electron chi connectivity index (χ3n) is 2.76. The van der Waals surface area contributed by atoms with Gasteiger partial charge in [-0.15, -0.1) is 0 Å². The SMILES string of the molecule is O=C1CCC(NC(=O)C2CNC2)CN1. The van der Waals surface area contributed by atoms with Crippen LogP contribution < -0.4 is 16.0 Å². The van der Waals surface area contributed by atoms with E-state index in [2.05, 4.69) is 16.0 Å². The van der Waals surface area contributed by atoms with E-state index < -0.39 is 0 Å². The van der Waals surface area contributed by atoms with Crippen LogP contribution in [0, 0.1) is 5.92 Å². The maximum Gasteiger partial charge on any atom is 0.225 e. The normalized spacial score (nSPS) is 27.7. The topological polar surface area (TPSA) is 70.2 Å². The highest BCUT2D eigenvalue weighted by molar-refractivity contribution is 5.81. The van der Waals surface area contributed by atoms with E-state index in [0.717, 1.165) is 19.5 Å². The molecule has 2 aliphatic rings. The first kappa shape index (κ1) is 9.45. The van der Waals surface area contributed by atoms with E-state index in [4.69, 9.17) is 0 Å². The van der Waals surface area contributed by atoms with Crippen molar-refractivity contribution in [1.82, 2.24) is 16.0 Å². The van der Waals surface area contributed by atoms with Crippen molar-refractivity contribution in [3.05, 3.63) is 0 Å². The van der Waals surface area contributed by atoms with Crippen molar-refractivity contribution < 1.29 is 9.59 Å². The zero-order chi connectivity index (χ0) is 9.97. The van der Waals surface area contributed by atoms with Crippen LogP contribution in [0.3, 0.4) is 0 Å². The van der Waals surface area contributed by atoms with E-state index in [9.17, 15) is 9.59 Å². The quantitative estimate of drug-likeness (QED) is 0.510. The molecule has 0 radical (unpaired) electrons. The highest BCUT2D eigenvalue weighted by Crippen LogP contribution is 2.06. The fraction of sp³-hybridized carbons (Fsp3) is 0.778. The van der Waals surface area contributed by atoms with Crippen LogP contribution in [0.5, 0.6) is 0 Å². The van der Waals surface area contributed by atoms with Crippen LogP contribution in [0.1, 0.15) is 12.8 Å². The summed E-state index contributed by atoms with van der Waals surface area (Å²) in [6.45, 7) is 2.14. The van der Waals surface area contributed by atoms with E-state index in [-0.39, 0.29) is 23.8 Å². The smallest absolute Gasteiger partial charge is 0.225 e. The molecule has 14 heavy (non-hydrogen) atoms. The second-order valence-electron chi connectivity index (χ2n) is 3.90. The molecule has 2 saturated heterocycles. The second kappa shape index (κ2) is 3.96. The minimum atomic E-state index is 0.0841. The van der Waals surface area contributed by atoms with Crippen LogP contribution in [-0.2, 0) is 9.59 Å². The summed E-state index contributed by atoms with van der Waals surface area (Å²) in [5.41, 5.74) is 0. The summed E-state index contributed by atoms with van der Waals surface area (Å²) in [5, 5.41) is 8.75. The zero-order valence-corrected chi connectivity index (χ0v) is 8.01. The summed E-state index contributed by atoms with van der Waals surface area (Å²) < 4.78 is 0. The molecule has 2 aliphatic heterocycles. The lowest BCUT2D eigenvalue weighted by atomic mass is 10.0. The van der Waals surface area contributed by atoms with Gasteiger partial charge < -0.3 is 16.0 Å². The molecule has 0 aromatic carbocycles. The average Bonchev–Trinajstić information content (AvgIpc) is 2.06. The molecular weight excluding hydrogens is 182 g/mol. The number of carbonyl (C=O) groups is 2. The van der Waals surface area contributed by atoms with E-state index in [1.807, 2.05) is 0 Å². The Hall–Kier alpha value is -1.10. The number of hydrogen-bond donors (Lipinski definition) is 3. The lowest BCUT2D eigenvalue weighted by molar-refractivity contribution is -0.129. The molecule has 0 aromatic heterocycles. The molecule has 2 heterocycles. The van der Waals surface area contributed by atoms with Gasteiger partial charge in [0.15, 0.2) is 0 Å². The van der Waals surface area contributed by atoms with Crippen molar-refractivity contribution >= 4 is 11.8 Å². The van der Waals surface area contributed by atoms with E-state index in [1.54, 1.807) is 0 Å². The maximum absolute atomic E-state index is 11.5. The average molecular weight is 197 g/mol. The zero-order valence-electron chi connectivity index (χ0n) is 8.01. The highest BCUT2D eigenvalue weighted by atomic mass is 16.2. The molecule has 0 aromatic rings. The van der Waals surface area contributed by atoms with Gasteiger partial charge in [0.05, 0.1) is 5.92 Å². The van der Waals surface area contributed by atoms with Crippen LogP contribution in [0.4, 0.5) is 0 Å². The van der Waals surface area contributed by atoms with Crippen LogP contribution in [0.2, 0.25) is 0 Å². The molecule has 0 saturated carbocycles. The molecule has 2 rings (SSSR count). The summed E-state index contributed by atoms with van der Waals surface area (Å²) >= 11 is 0. The molecule has 3 N–H and O–H groups in total. The van der Waals surface area contributed by atoms with Crippen molar-refractivity contribution in [2.45, 2.75) is 18.9 Å². The fourth-order valence-electron chi connectivity index (χ4n) is 1.65. The van der Waals surface area contributed by atoms with Crippen molar-refractivity contribution in [3.8, 4) is 0 Å². The summed E-state index contributed by atoms with van der Waals surface area (Å²) in [5.74, 6) is 0.332. The standard InChI is InChI=1S/C9H15N3O2/c13-8-2-1-7(5-11-8)12-9(14)6-3-10-4-6/h6-7,10H,1-5H2,(H,11,13)(H,12,14). The van der Waals surface area contributed by atoms with Gasteiger partial charge in [0, 0.05) is 32.1 Å². The lowest BCUT2D eigenvalue weighted by Gasteiger charge is -2.30. The maximum atomic E-state index is 11.5. The van der Waals surface area contributed by atoms with Gasteiger partial charge in [-0.1, -0.05) is 0 Å². The number of rotatable bonds is 2. The van der Waals surface area contributed by atoms with Gasteiger partial charge in [-0.05, 0) is 6.42 Å². The van der Waals surface area contributed by atoms with Gasteiger partial charge in [-0.2, -0.15) is 0 Å². The summed E-state index contributed by atoms with van der Waals surface area (Å²) in [6, 6.07) is 0.126. The van der Waals surface area contributed by atoms with Crippen molar-refractivity contribution in [3.63, 3.8) is 0 Å². The minimum Gasteiger partial charge on any atom is -0.354 e. The van der Waals surface area contributed by atoms with E-state index in [0.29, 0.717) is 13.0 Å². The summed E-state index contributed by atoms with van der Waals surface area (Å²) in [4.78, 5) is 22.4. The summed E-state index contributed by atoms with van der Waals surface area (Å²) in [7, 11) is 0. The van der Waals surface area contributed by atoms with Crippen LogP contribution in [0.15, 0.2) is 0 Å². The Morgan fingerprint density at radius 2 is 2.14 bits per heavy atom. The first-order valence-corrected chi connectivity index (χ1v) is 5.03. The molecule has 78 valence electrons. The van der Waals surface area contributed by atoms with Gasteiger partial charge in [-0.3, -0.25) is 9.59 Å². The summed E-state index contributed by atoms with van der Waals surface area (Å²) in [6.07, 6.45) is 1.28. The molecule has 5 nitrogen and oxygen atoms in total. The highest BCUT2D eigenvalue weighted by Gasteiger charge is 2.27. The first-order valence-electron chi connectivity index (χ1n) is 5.03. The molecule has 2 amide bonds. The number of amides is 2. The molecule has 0 aliphatic carbocycles. The van der Waals surface area contributed by atoms with Crippen molar-refractivity contribution in [1.29, 1.82) is 0 Å². The van der Waals surface area contributed by atoms with E-state index >= 15 is 0 Å². The molecule has 1 atom stereocenters. The van der Waals surface area contributed by atoms with Gasteiger partial charge >= 0.3 is 0 Å². The Morgan fingerprint density at radius 3 is 2.64 bits per heavy atom. The van der Waals surface area contributed by atoms with Crippen molar-refractivity contribution in [2.75, 3.05) is 19.6 Å². The van der Waals surface area contributed by atoms with Crippen LogP contribution in [-0.4, -0.2) is 37.5 Å². The second-order valence-corrected chi connectivity index (χ2v) is 3.90. The number of carbonyl (C=O) groups excluding carboxylic acids is 2. The Balaban J connectivity index is 1.74.